The number of rotatable bonds is 1. The number of hydrogen-bond donors (Lipinski definition) is 1. The molecule has 0 radical (unpaired) electrons. The Hall–Kier alpha value is -2.05. The Morgan fingerprint density at radius 1 is 1.28 bits per heavy atom. The predicted molar refractivity (Wildman–Crippen MR) is 57.7 cm³/mol. The van der Waals surface area contributed by atoms with Gasteiger partial charge < -0.3 is 5.73 Å². The maximum Gasteiger partial charge on any atom is 0.435 e. The third kappa shape index (κ3) is 2.15. The highest BCUT2D eigenvalue weighted by atomic mass is 19.4. The minimum Gasteiger partial charge on any atom is -0.399 e. The second-order valence-corrected chi connectivity index (χ2v) is 3.81. The Labute approximate surface area is 99.8 Å². The normalized spacial score (nSPS) is 11.8. The van der Waals surface area contributed by atoms with Gasteiger partial charge in [0.15, 0.2) is 11.5 Å². The summed E-state index contributed by atoms with van der Waals surface area (Å²) in [7, 11) is 0. The Morgan fingerprint density at radius 2 is 1.94 bits per heavy atom. The van der Waals surface area contributed by atoms with Gasteiger partial charge in [0.2, 0.25) is 0 Å². The lowest BCUT2D eigenvalue weighted by molar-refractivity contribution is -0.141. The summed E-state index contributed by atoms with van der Waals surface area (Å²) in [6.07, 6.45) is -3.43. The Balaban J connectivity index is 2.53. The number of halogens is 4. The average Bonchev–Trinajstić information content (AvgIpc) is 2.59. The molecule has 96 valence electrons. The predicted octanol–water partition coefficient (Wildman–Crippen LogP) is 2.92. The molecule has 0 spiro atoms. The molecule has 0 amide bonds. The molecule has 7 heteroatoms. The van der Waals surface area contributed by atoms with Crippen molar-refractivity contribution in [2.24, 2.45) is 0 Å². The van der Waals surface area contributed by atoms with Crippen molar-refractivity contribution in [3.63, 3.8) is 0 Å². The van der Waals surface area contributed by atoms with Gasteiger partial charge >= 0.3 is 6.18 Å². The summed E-state index contributed by atoms with van der Waals surface area (Å²) in [6, 6.07) is 3.69. The lowest BCUT2D eigenvalue weighted by Crippen LogP contribution is -2.09. The summed E-state index contributed by atoms with van der Waals surface area (Å²) in [5.74, 6) is -0.730. The highest BCUT2D eigenvalue weighted by Gasteiger charge is 2.36. The third-order valence-corrected chi connectivity index (χ3v) is 2.38. The van der Waals surface area contributed by atoms with E-state index >= 15 is 0 Å². The van der Waals surface area contributed by atoms with Crippen molar-refractivity contribution in [3.05, 3.63) is 41.5 Å². The zero-order chi connectivity index (χ0) is 13.5. The number of benzene rings is 1. The molecule has 2 N–H and O–H groups in total. The van der Waals surface area contributed by atoms with Crippen LogP contribution in [0.25, 0.3) is 5.69 Å². The number of nitrogens with zero attached hydrogens (tertiary/aromatic N) is 2. The van der Waals surface area contributed by atoms with Crippen molar-refractivity contribution in [1.29, 1.82) is 0 Å². The highest BCUT2D eigenvalue weighted by molar-refractivity contribution is 5.46. The van der Waals surface area contributed by atoms with Crippen molar-refractivity contribution >= 4 is 5.69 Å². The number of anilines is 1. The van der Waals surface area contributed by atoms with E-state index in [1.54, 1.807) is 0 Å². The molecule has 0 saturated heterocycles. The molecule has 0 bridgehead atoms. The van der Waals surface area contributed by atoms with Crippen LogP contribution >= 0.6 is 0 Å². The van der Waals surface area contributed by atoms with E-state index in [1.807, 2.05) is 0 Å². The molecule has 1 heterocycles. The van der Waals surface area contributed by atoms with Crippen molar-refractivity contribution < 1.29 is 17.6 Å². The molecule has 0 aliphatic carbocycles. The summed E-state index contributed by atoms with van der Waals surface area (Å²) in [5, 5.41) is 3.35. The van der Waals surface area contributed by atoms with Gasteiger partial charge in [-0.05, 0) is 30.7 Å². The topological polar surface area (TPSA) is 43.8 Å². The van der Waals surface area contributed by atoms with Gasteiger partial charge in [0.1, 0.15) is 5.69 Å². The molecule has 0 aliphatic heterocycles. The molecule has 0 atom stereocenters. The van der Waals surface area contributed by atoms with Gasteiger partial charge in [0, 0.05) is 11.9 Å². The number of aryl methyl sites for hydroxylation is 1. The largest absolute Gasteiger partial charge is 0.435 e. The van der Waals surface area contributed by atoms with E-state index in [2.05, 4.69) is 5.10 Å². The average molecular weight is 259 g/mol. The molecular weight excluding hydrogens is 250 g/mol. The molecule has 3 nitrogen and oxygen atoms in total. The molecule has 0 saturated carbocycles. The summed E-state index contributed by atoms with van der Waals surface area (Å²) in [4.78, 5) is 0. The minimum atomic E-state index is -4.56. The fraction of sp³-hybridized carbons (Fsp3) is 0.182. The molecule has 18 heavy (non-hydrogen) atoms. The van der Waals surface area contributed by atoms with Gasteiger partial charge in [-0.15, -0.1) is 0 Å². The van der Waals surface area contributed by atoms with Crippen molar-refractivity contribution in [1.82, 2.24) is 9.78 Å². The van der Waals surface area contributed by atoms with E-state index in [0.717, 1.165) is 16.9 Å². The van der Waals surface area contributed by atoms with Crippen LogP contribution in [0.4, 0.5) is 23.2 Å². The first kappa shape index (κ1) is 12.4. The third-order valence-electron chi connectivity index (χ3n) is 2.38. The number of hydrogen-bond acceptors (Lipinski definition) is 2. The highest BCUT2D eigenvalue weighted by Crippen LogP contribution is 2.31. The maximum atomic E-state index is 13.6. The molecule has 1 aromatic heterocycles. The SMILES string of the molecule is Cc1cn(-c2ccc(N)cc2F)nc1C(F)(F)F. The van der Waals surface area contributed by atoms with Crippen LogP contribution in [0.2, 0.25) is 0 Å². The number of aromatic nitrogens is 2. The van der Waals surface area contributed by atoms with E-state index in [9.17, 15) is 17.6 Å². The van der Waals surface area contributed by atoms with Crippen LogP contribution in [0.15, 0.2) is 24.4 Å². The van der Waals surface area contributed by atoms with Gasteiger partial charge in [-0.1, -0.05) is 0 Å². The lowest BCUT2D eigenvalue weighted by atomic mass is 10.2. The van der Waals surface area contributed by atoms with E-state index in [0.29, 0.717) is 0 Å². The monoisotopic (exact) mass is 259 g/mol. The van der Waals surface area contributed by atoms with Crippen LogP contribution in [0.5, 0.6) is 0 Å². The zero-order valence-corrected chi connectivity index (χ0v) is 9.29. The van der Waals surface area contributed by atoms with Crippen LogP contribution in [-0.4, -0.2) is 9.78 Å². The van der Waals surface area contributed by atoms with Crippen molar-refractivity contribution in [3.8, 4) is 5.69 Å². The first-order valence-corrected chi connectivity index (χ1v) is 4.98. The van der Waals surface area contributed by atoms with Crippen molar-refractivity contribution in [2.45, 2.75) is 13.1 Å². The zero-order valence-electron chi connectivity index (χ0n) is 9.29. The van der Waals surface area contributed by atoms with Gasteiger partial charge in [-0.2, -0.15) is 18.3 Å². The van der Waals surface area contributed by atoms with E-state index < -0.39 is 17.7 Å². The molecule has 0 unspecified atom stereocenters. The van der Waals surface area contributed by atoms with Crippen molar-refractivity contribution in [2.75, 3.05) is 5.73 Å². The quantitative estimate of drug-likeness (QED) is 0.632. The summed E-state index contributed by atoms with van der Waals surface area (Å²) in [6.45, 7) is 1.27. The molecule has 0 aliphatic rings. The van der Waals surface area contributed by atoms with Gasteiger partial charge in [0.25, 0.3) is 0 Å². The number of nitrogens with two attached hydrogens (primary N) is 1. The van der Waals surface area contributed by atoms with Crippen LogP contribution < -0.4 is 5.73 Å². The molecular formula is C11H9F4N3. The van der Waals surface area contributed by atoms with Crippen LogP contribution in [-0.2, 0) is 6.18 Å². The summed E-state index contributed by atoms with van der Waals surface area (Å²) in [5.41, 5.74) is 4.37. The summed E-state index contributed by atoms with van der Waals surface area (Å²) >= 11 is 0. The lowest BCUT2D eigenvalue weighted by Gasteiger charge is -2.05. The number of nitrogen functional groups attached to an aromatic ring is 1. The molecule has 0 fully saturated rings. The van der Waals surface area contributed by atoms with Gasteiger partial charge in [0.05, 0.1) is 0 Å². The smallest absolute Gasteiger partial charge is 0.399 e. The van der Waals surface area contributed by atoms with Crippen LogP contribution in [0.3, 0.4) is 0 Å². The Morgan fingerprint density at radius 3 is 2.44 bits per heavy atom. The van der Waals surface area contributed by atoms with Crippen LogP contribution in [0.1, 0.15) is 11.3 Å². The van der Waals surface area contributed by atoms with E-state index in [1.165, 1.54) is 19.1 Å². The first-order valence-electron chi connectivity index (χ1n) is 4.98. The minimum absolute atomic E-state index is 0.0706. The van der Waals surface area contributed by atoms with E-state index in [-0.39, 0.29) is 16.9 Å². The second kappa shape index (κ2) is 4.01. The summed E-state index contributed by atoms with van der Waals surface area (Å²) < 4.78 is 52.1. The molecule has 2 aromatic rings. The Kier molecular flexibility index (Phi) is 2.76. The molecule has 2 rings (SSSR count). The maximum absolute atomic E-state index is 13.6. The Bertz CT molecular complexity index is 586. The fourth-order valence-corrected chi connectivity index (χ4v) is 1.57. The van der Waals surface area contributed by atoms with Gasteiger partial charge in [-0.3, -0.25) is 0 Å². The number of alkyl halides is 3. The van der Waals surface area contributed by atoms with Gasteiger partial charge in [-0.25, -0.2) is 9.07 Å². The first-order chi connectivity index (χ1) is 8.29. The van der Waals surface area contributed by atoms with E-state index in [4.69, 9.17) is 5.73 Å². The second-order valence-electron chi connectivity index (χ2n) is 3.81. The fourth-order valence-electron chi connectivity index (χ4n) is 1.57. The standard InChI is InChI=1S/C11H9F4N3/c1-6-5-18(17-10(6)11(13,14)15)9-3-2-7(16)4-8(9)12/h2-5H,16H2,1H3. The molecule has 1 aromatic carbocycles. The van der Waals surface area contributed by atoms with Crippen LogP contribution in [0, 0.1) is 12.7 Å².